The van der Waals surface area contributed by atoms with Gasteiger partial charge in [-0.25, -0.2) is 12.8 Å². The second-order valence-electron chi connectivity index (χ2n) is 6.81. The van der Waals surface area contributed by atoms with Crippen LogP contribution in [0.2, 0.25) is 0 Å². The SMILES string of the molecule is Cc1nn(C)c(C)c1-c1cc(F)ccc1C(=O)N1CCN(S(C)(=O)=O)CC1. The van der Waals surface area contributed by atoms with Crippen molar-refractivity contribution in [2.24, 2.45) is 7.05 Å². The molecular formula is C18H23FN4O3S. The van der Waals surface area contributed by atoms with Crippen LogP contribution in [0.1, 0.15) is 21.7 Å². The highest BCUT2D eigenvalue weighted by molar-refractivity contribution is 7.88. The van der Waals surface area contributed by atoms with E-state index in [-0.39, 0.29) is 19.0 Å². The van der Waals surface area contributed by atoms with Crippen molar-refractivity contribution >= 4 is 15.9 Å². The van der Waals surface area contributed by atoms with E-state index in [9.17, 15) is 17.6 Å². The Bertz CT molecular complexity index is 992. The maximum absolute atomic E-state index is 14.0. The first kappa shape index (κ1) is 19.5. The molecule has 27 heavy (non-hydrogen) atoms. The average Bonchev–Trinajstić information content (AvgIpc) is 2.85. The summed E-state index contributed by atoms with van der Waals surface area (Å²) in [7, 11) is -1.47. The van der Waals surface area contributed by atoms with Crippen molar-refractivity contribution in [3.8, 4) is 11.1 Å². The summed E-state index contributed by atoms with van der Waals surface area (Å²) in [5, 5.41) is 4.36. The van der Waals surface area contributed by atoms with Gasteiger partial charge < -0.3 is 4.90 Å². The molecule has 1 amide bonds. The second kappa shape index (κ2) is 7.05. The molecule has 0 unspecified atom stereocenters. The minimum Gasteiger partial charge on any atom is -0.336 e. The van der Waals surface area contributed by atoms with E-state index in [2.05, 4.69) is 5.10 Å². The van der Waals surface area contributed by atoms with Crippen LogP contribution in [-0.2, 0) is 17.1 Å². The Morgan fingerprint density at radius 2 is 1.78 bits per heavy atom. The van der Waals surface area contributed by atoms with E-state index in [4.69, 9.17) is 0 Å². The van der Waals surface area contributed by atoms with Crippen LogP contribution < -0.4 is 0 Å². The first-order valence-corrected chi connectivity index (χ1v) is 10.5. The van der Waals surface area contributed by atoms with E-state index >= 15 is 0 Å². The molecule has 146 valence electrons. The van der Waals surface area contributed by atoms with Gasteiger partial charge in [0.05, 0.1) is 11.9 Å². The predicted octanol–water partition coefficient (Wildman–Crippen LogP) is 1.56. The molecule has 1 saturated heterocycles. The summed E-state index contributed by atoms with van der Waals surface area (Å²) in [5.41, 5.74) is 3.21. The Hall–Kier alpha value is -2.26. The zero-order valence-corrected chi connectivity index (χ0v) is 16.7. The normalized spacial score (nSPS) is 16.0. The molecule has 0 spiro atoms. The molecule has 3 rings (SSSR count). The van der Waals surface area contributed by atoms with E-state index in [1.54, 1.807) is 16.6 Å². The summed E-state index contributed by atoms with van der Waals surface area (Å²) in [5.74, 6) is -0.660. The van der Waals surface area contributed by atoms with Crippen molar-refractivity contribution in [1.29, 1.82) is 0 Å². The zero-order chi connectivity index (χ0) is 19.9. The first-order valence-electron chi connectivity index (χ1n) is 8.64. The average molecular weight is 394 g/mol. The maximum atomic E-state index is 14.0. The number of halogens is 1. The van der Waals surface area contributed by atoms with Crippen LogP contribution in [0.5, 0.6) is 0 Å². The van der Waals surface area contributed by atoms with Crippen LogP contribution in [0, 0.1) is 19.7 Å². The van der Waals surface area contributed by atoms with E-state index in [0.29, 0.717) is 24.2 Å². The monoisotopic (exact) mass is 394 g/mol. The predicted molar refractivity (Wildman–Crippen MR) is 100 cm³/mol. The fraction of sp³-hybridized carbons (Fsp3) is 0.444. The molecule has 1 aliphatic rings. The Labute approximate surface area is 158 Å². The number of carbonyl (C=O) groups is 1. The number of hydrogen-bond acceptors (Lipinski definition) is 4. The van der Waals surface area contributed by atoms with E-state index < -0.39 is 15.8 Å². The lowest BCUT2D eigenvalue weighted by molar-refractivity contribution is 0.0699. The first-order chi connectivity index (χ1) is 12.6. The van der Waals surface area contributed by atoms with Crippen molar-refractivity contribution < 1.29 is 17.6 Å². The number of aromatic nitrogens is 2. The van der Waals surface area contributed by atoms with Gasteiger partial charge in [0.15, 0.2) is 0 Å². The van der Waals surface area contributed by atoms with Gasteiger partial charge in [0.25, 0.3) is 5.91 Å². The lowest BCUT2D eigenvalue weighted by Crippen LogP contribution is -2.50. The van der Waals surface area contributed by atoms with Crippen LogP contribution in [0.3, 0.4) is 0 Å². The number of hydrogen-bond donors (Lipinski definition) is 0. The largest absolute Gasteiger partial charge is 0.336 e. The lowest BCUT2D eigenvalue weighted by Gasteiger charge is -2.33. The van der Waals surface area contributed by atoms with Gasteiger partial charge in [-0.1, -0.05) is 0 Å². The topological polar surface area (TPSA) is 75.5 Å². The fourth-order valence-corrected chi connectivity index (χ4v) is 4.29. The molecule has 1 aromatic heterocycles. The number of carbonyl (C=O) groups excluding carboxylic acids is 1. The molecule has 7 nitrogen and oxygen atoms in total. The van der Waals surface area contributed by atoms with Crippen LogP contribution in [0.15, 0.2) is 18.2 Å². The number of piperazine rings is 1. The Morgan fingerprint density at radius 3 is 2.30 bits per heavy atom. The number of sulfonamides is 1. The van der Waals surface area contributed by atoms with Gasteiger partial charge in [-0.3, -0.25) is 9.48 Å². The maximum Gasteiger partial charge on any atom is 0.254 e. The molecule has 2 aromatic rings. The van der Waals surface area contributed by atoms with Gasteiger partial charge in [0.2, 0.25) is 10.0 Å². The molecule has 0 aliphatic carbocycles. The highest BCUT2D eigenvalue weighted by atomic mass is 32.2. The number of aryl methyl sites for hydroxylation is 2. The molecule has 0 saturated carbocycles. The fourth-order valence-electron chi connectivity index (χ4n) is 3.47. The number of amides is 1. The summed E-state index contributed by atoms with van der Waals surface area (Å²) in [4.78, 5) is 14.7. The molecule has 0 atom stereocenters. The zero-order valence-electron chi connectivity index (χ0n) is 15.9. The highest BCUT2D eigenvalue weighted by Gasteiger charge is 2.28. The summed E-state index contributed by atoms with van der Waals surface area (Å²) >= 11 is 0. The summed E-state index contributed by atoms with van der Waals surface area (Å²) in [6, 6.07) is 4.11. The van der Waals surface area contributed by atoms with Gasteiger partial charge in [-0.05, 0) is 32.0 Å². The smallest absolute Gasteiger partial charge is 0.254 e. The molecule has 0 N–H and O–H groups in total. The van der Waals surface area contributed by atoms with Gasteiger partial charge in [0.1, 0.15) is 5.82 Å². The van der Waals surface area contributed by atoms with E-state index in [1.165, 1.54) is 22.5 Å². The molecule has 1 aliphatic heterocycles. The van der Waals surface area contributed by atoms with Crippen LogP contribution in [-0.4, -0.2) is 65.7 Å². The molecule has 1 fully saturated rings. The summed E-state index contributed by atoms with van der Waals surface area (Å²) in [6.45, 7) is 4.81. The van der Waals surface area contributed by atoms with Gasteiger partial charge >= 0.3 is 0 Å². The molecule has 1 aromatic carbocycles. The highest BCUT2D eigenvalue weighted by Crippen LogP contribution is 2.31. The molecular weight excluding hydrogens is 371 g/mol. The van der Waals surface area contributed by atoms with Crippen molar-refractivity contribution in [1.82, 2.24) is 19.0 Å². The summed E-state index contributed by atoms with van der Waals surface area (Å²) < 4.78 is 40.3. The van der Waals surface area contributed by atoms with Crippen molar-refractivity contribution in [3.63, 3.8) is 0 Å². The van der Waals surface area contributed by atoms with E-state index in [1.807, 2.05) is 13.8 Å². The molecule has 9 heteroatoms. The molecule has 2 heterocycles. The number of benzene rings is 1. The third kappa shape index (κ3) is 3.74. The quantitative estimate of drug-likeness (QED) is 0.792. The Kier molecular flexibility index (Phi) is 5.09. The minimum atomic E-state index is -3.27. The van der Waals surface area contributed by atoms with Crippen LogP contribution >= 0.6 is 0 Å². The second-order valence-corrected chi connectivity index (χ2v) is 8.80. The minimum absolute atomic E-state index is 0.235. The third-order valence-electron chi connectivity index (χ3n) is 4.99. The van der Waals surface area contributed by atoms with Gasteiger partial charge in [-0.15, -0.1) is 0 Å². The number of nitrogens with zero attached hydrogens (tertiary/aromatic N) is 4. The Balaban J connectivity index is 1.95. The Morgan fingerprint density at radius 1 is 1.15 bits per heavy atom. The summed E-state index contributed by atoms with van der Waals surface area (Å²) in [6.07, 6.45) is 1.16. The van der Waals surface area contributed by atoms with Gasteiger partial charge in [-0.2, -0.15) is 9.40 Å². The van der Waals surface area contributed by atoms with Gasteiger partial charge in [0, 0.05) is 55.6 Å². The van der Waals surface area contributed by atoms with Crippen molar-refractivity contribution in [2.45, 2.75) is 13.8 Å². The van der Waals surface area contributed by atoms with Crippen molar-refractivity contribution in [2.75, 3.05) is 32.4 Å². The van der Waals surface area contributed by atoms with E-state index in [0.717, 1.165) is 23.2 Å². The standard InChI is InChI=1S/C18H23FN4O3S/c1-12-17(13(2)21(3)20-12)16-11-14(19)5-6-15(16)18(24)22-7-9-23(10-8-22)27(4,25)26/h5-6,11H,7-10H2,1-4H3. The molecule has 0 radical (unpaired) electrons. The van der Waals surface area contributed by atoms with Crippen molar-refractivity contribution in [3.05, 3.63) is 41.0 Å². The van der Waals surface area contributed by atoms with Crippen LogP contribution in [0.4, 0.5) is 4.39 Å². The number of rotatable bonds is 3. The lowest BCUT2D eigenvalue weighted by atomic mass is 9.97. The third-order valence-corrected chi connectivity index (χ3v) is 6.29. The molecule has 0 bridgehead atoms. The van der Waals surface area contributed by atoms with Crippen LogP contribution in [0.25, 0.3) is 11.1 Å².